The van der Waals surface area contributed by atoms with Crippen molar-refractivity contribution in [3.05, 3.63) is 53.6 Å². The molecule has 25 heavy (non-hydrogen) atoms. The van der Waals surface area contributed by atoms with E-state index in [-0.39, 0.29) is 21.6 Å². The van der Waals surface area contributed by atoms with Crippen LogP contribution in [0.1, 0.15) is 36.7 Å². The maximum atomic E-state index is 12.6. The number of aromatic carboxylic acids is 1. The average molecular weight is 363 g/mol. The SMILES string of the molecule is COc1ccc(S(=O)(=O)Nc2ccc(C(=O)O)cc2)cc1C(C)(C)C. The van der Waals surface area contributed by atoms with Crippen LogP contribution < -0.4 is 9.46 Å². The summed E-state index contributed by atoms with van der Waals surface area (Å²) in [4.78, 5) is 11.0. The molecule has 0 saturated carbocycles. The van der Waals surface area contributed by atoms with Crippen LogP contribution in [0.5, 0.6) is 5.75 Å². The van der Waals surface area contributed by atoms with E-state index in [9.17, 15) is 13.2 Å². The highest BCUT2D eigenvalue weighted by Gasteiger charge is 2.23. The summed E-state index contributed by atoms with van der Waals surface area (Å²) in [6.45, 7) is 5.91. The third-order valence-corrected chi connectivity index (χ3v) is 5.05. The van der Waals surface area contributed by atoms with E-state index >= 15 is 0 Å². The van der Waals surface area contributed by atoms with Gasteiger partial charge in [-0.3, -0.25) is 4.72 Å². The molecule has 0 aliphatic heterocycles. The number of hydrogen-bond donors (Lipinski definition) is 2. The van der Waals surface area contributed by atoms with Crippen LogP contribution in [0, 0.1) is 0 Å². The van der Waals surface area contributed by atoms with Gasteiger partial charge in [-0.15, -0.1) is 0 Å². The van der Waals surface area contributed by atoms with Crippen molar-refractivity contribution in [3.8, 4) is 5.75 Å². The molecule has 0 atom stereocenters. The topological polar surface area (TPSA) is 92.7 Å². The zero-order valence-electron chi connectivity index (χ0n) is 14.5. The molecule has 2 rings (SSSR count). The Hall–Kier alpha value is -2.54. The third kappa shape index (κ3) is 4.30. The van der Waals surface area contributed by atoms with E-state index in [0.717, 1.165) is 5.56 Å². The zero-order chi connectivity index (χ0) is 18.8. The number of methoxy groups -OCH3 is 1. The van der Waals surface area contributed by atoms with Gasteiger partial charge in [-0.05, 0) is 47.9 Å². The maximum absolute atomic E-state index is 12.6. The fourth-order valence-electron chi connectivity index (χ4n) is 2.34. The lowest BCUT2D eigenvalue weighted by atomic mass is 9.86. The predicted octanol–water partition coefficient (Wildman–Crippen LogP) is 3.49. The van der Waals surface area contributed by atoms with Crippen LogP contribution >= 0.6 is 0 Å². The van der Waals surface area contributed by atoms with Crippen LogP contribution in [0.4, 0.5) is 5.69 Å². The molecule has 0 aliphatic carbocycles. The van der Waals surface area contributed by atoms with Crippen LogP contribution in [0.15, 0.2) is 47.4 Å². The van der Waals surface area contributed by atoms with E-state index in [1.165, 1.54) is 30.3 Å². The van der Waals surface area contributed by atoms with Crippen molar-refractivity contribution in [3.63, 3.8) is 0 Å². The van der Waals surface area contributed by atoms with Gasteiger partial charge >= 0.3 is 5.97 Å². The van der Waals surface area contributed by atoms with Gasteiger partial charge in [0, 0.05) is 11.3 Å². The number of ether oxygens (including phenoxy) is 1. The molecule has 134 valence electrons. The largest absolute Gasteiger partial charge is 0.496 e. The Morgan fingerprint density at radius 2 is 1.68 bits per heavy atom. The Morgan fingerprint density at radius 3 is 2.16 bits per heavy atom. The minimum atomic E-state index is -3.81. The monoisotopic (exact) mass is 363 g/mol. The van der Waals surface area contributed by atoms with Gasteiger partial charge in [0.2, 0.25) is 0 Å². The summed E-state index contributed by atoms with van der Waals surface area (Å²) in [6.07, 6.45) is 0. The fourth-order valence-corrected chi connectivity index (χ4v) is 3.42. The molecule has 0 unspecified atom stereocenters. The first-order valence-electron chi connectivity index (χ1n) is 7.59. The number of hydrogen-bond acceptors (Lipinski definition) is 4. The standard InChI is InChI=1S/C18H21NO5S/c1-18(2,3)15-11-14(9-10-16(15)24-4)25(22,23)19-13-7-5-12(6-8-13)17(20)21/h5-11,19H,1-4H3,(H,20,21). The summed E-state index contributed by atoms with van der Waals surface area (Å²) in [5.74, 6) is -0.448. The highest BCUT2D eigenvalue weighted by atomic mass is 32.2. The molecule has 6 nitrogen and oxygen atoms in total. The number of benzene rings is 2. The molecule has 0 radical (unpaired) electrons. The molecule has 0 saturated heterocycles. The Kier molecular flexibility index (Phi) is 5.08. The molecule has 0 aliphatic rings. The lowest BCUT2D eigenvalue weighted by Crippen LogP contribution is -2.17. The second-order valence-electron chi connectivity index (χ2n) is 6.60. The van der Waals surface area contributed by atoms with Crippen LogP contribution in [0.25, 0.3) is 0 Å². The van der Waals surface area contributed by atoms with Crippen molar-refractivity contribution < 1.29 is 23.1 Å². The zero-order valence-corrected chi connectivity index (χ0v) is 15.3. The molecule has 0 fully saturated rings. The smallest absolute Gasteiger partial charge is 0.335 e. The van der Waals surface area contributed by atoms with Crippen LogP contribution in [-0.4, -0.2) is 26.6 Å². The van der Waals surface area contributed by atoms with Gasteiger partial charge < -0.3 is 9.84 Å². The summed E-state index contributed by atoms with van der Waals surface area (Å²) in [6, 6.07) is 10.2. The van der Waals surface area contributed by atoms with Gasteiger partial charge in [0.15, 0.2) is 0 Å². The van der Waals surface area contributed by atoms with Crippen LogP contribution in [0.3, 0.4) is 0 Å². The third-order valence-electron chi connectivity index (χ3n) is 3.67. The minimum Gasteiger partial charge on any atom is -0.496 e. The molecule has 0 spiro atoms. The summed E-state index contributed by atoms with van der Waals surface area (Å²) in [5, 5.41) is 8.89. The second-order valence-corrected chi connectivity index (χ2v) is 8.28. The minimum absolute atomic E-state index is 0.0856. The number of carboxylic acids is 1. The van der Waals surface area contributed by atoms with Crippen LogP contribution in [-0.2, 0) is 15.4 Å². The van der Waals surface area contributed by atoms with Crippen molar-refractivity contribution in [2.24, 2.45) is 0 Å². The van der Waals surface area contributed by atoms with Crippen LogP contribution in [0.2, 0.25) is 0 Å². The lowest BCUT2D eigenvalue weighted by molar-refractivity contribution is 0.0697. The quantitative estimate of drug-likeness (QED) is 0.848. The van der Waals surface area contributed by atoms with Crippen molar-refractivity contribution >= 4 is 21.7 Å². The molecular weight excluding hydrogens is 342 g/mol. The summed E-state index contributed by atoms with van der Waals surface area (Å²) >= 11 is 0. The second kappa shape index (κ2) is 6.76. The van der Waals surface area contributed by atoms with Gasteiger partial charge in [-0.25, -0.2) is 13.2 Å². The number of anilines is 1. The van der Waals surface area contributed by atoms with E-state index in [0.29, 0.717) is 5.75 Å². The van der Waals surface area contributed by atoms with Crippen molar-refractivity contribution in [2.45, 2.75) is 31.1 Å². The first kappa shape index (κ1) is 18.8. The number of nitrogens with one attached hydrogen (secondary N) is 1. The molecule has 2 aromatic rings. The number of carboxylic acid groups (broad SMARTS) is 1. The molecule has 0 bridgehead atoms. The number of sulfonamides is 1. The molecule has 0 aromatic heterocycles. The van der Waals surface area contributed by atoms with E-state index in [1.54, 1.807) is 19.2 Å². The highest BCUT2D eigenvalue weighted by Crippen LogP contribution is 2.33. The number of rotatable bonds is 5. The molecule has 0 amide bonds. The van der Waals surface area contributed by atoms with Gasteiger partial charge in [-0.2, -0.15) is 0 Å². The average Bonchev–Trinajstić information content (AvgIpc) is 2.53. The van der Waals surface area contributed by atoms with E-state index in [1.807, 2.05) is 20.8 Å². The molecule has 7 heteroatoms. The Bertz CT molecular complexity index is 881. The van der Waals surface area contributed by atoms with Crippen molar-refractivity contribution in [2.75, 3.05) is 11.8 Å². The van der Waals surface area contributed by atoms with Gasteiger partial charge in [0.1, 0.15) is 5.75 Å². The fraction of sp³-hybridized carbons (Fsp3) is 0.278. The predicted molar refractivity (Wildman–Crippen MR) is 95.9 cm³/mol. The Morgan fingerprint density at radius 1 is 1.08 bits per heavy atom. The van der Waals surface area contributed by atoms with E-state index in [2.05, 4.69) is 4.72 Å². The lowest BCUT2D eigenvalue weighted by Gasteiger charge is -2.23. The molecule has 2 aromatic carbocycles. The maximum Gasteiger partial charge on any atom is 0.335 e. The van der Waals surface area contributed by atoms with E-state index < -0.39 is 16.0 Å². The summed E-state index contributed by atoms with van der Waals surface area (Å²) in [7, 11) is -2.26. The molecular formula is C18H21NO5S. The van der Waals surface area contributed by atoms with Gasteiger partial charge in [0.25, 0.3) is 10.0 Å². The summed E-state index contributed by atoms with van der Waals surface area (Å²) in [5.41, 5.74) is 0.861. The van der Waals surface area contributed by atoms with Crippen molar-refractivity contribution in [1.82, 2.24) is 0 Å². The first-order chi connectivity index (χ1) is 11.5. The normalized spacial score (nSPS) is 11.8. The first-order valence-corrected chi connectivity index (χ1v) is 9.07. The number of carbonyl (C=O) groups is 1. The van der Waals surface area contributed by atoms with Gasteiger partial charge in [0.05, 0.1) is 17.6 Å². The van der Waals surface area contributed by atoms with E-state index in [4.69, 9.17) is 9.84 Å². The molecule has 0 heterocycles. The summed E-state index contributed by atoms with van der Waals surface area (Å²) < 4.78 is 33.0. The Labute approximate surface area is 147 Å². The highest BCUT2D eigenvalue weighted by molar-refractivity contribution is 7.92. The molecule has 2 N–H and O–H groups in total. The van der Waals surface area contributed by atoms with Gasteiger partial charge in [-0.1, -0.05) is 20.8 Å². The Balaban J connectivity index is 2.38. The van der Waals surface area contributed by atoms with Crippen molar-refractivity contribution in [1.29, 1.82) is 0 Å².